The van der Waals surface area contributed by atoms with Gasteiger partial charge in [-0.3, -0.25) is 9.69 Å². The number of rotatable bonds is 7. The minimum absolute atomic E-state index is 0.0520. The number of hydrogen-bond donors (Lipinski definition) is 1. The fourth-order valence-corrected chi connectivity index (χ4v) is 4.57. The van der Waals surface area contributed by atoms with E-state index in [1.165, 1.54) is 17.4 Å². The van der Waals surface area contributed by atoms with Crippen LogP contribution in [0.5, 0.6) is 0 Å². The topological polar surface area (TPSA) is 81.0 Å². The van der Waals surface area contributed by atoms with Gasteiger partial charge in [0, 0.05) is 31.8 Å². The van der Waals surface area contributed by atoms with Gasteiger partial charge in [-0.2, -0.15) is 0 Å². The molecule has 0 radical (unpaired) electrons. The smallest absolute Gasteiger partial charge is 0.407 e. The van der Waals surface area contributed by atoms with Crippen molar-refractivity contribution < 1.29 is 18.7 Å². The van der Waals surface area contributed by atoms with Crippen LogP contribution in [0.1, 0.15) is 62.5 Å². The molecule has 1 aliphatic carbocycles. The van der Waals surface area contributed by atoms with E-state index >= 15 is 0 Å². The Kier molecular flexibility index (Phi) is 7.20. The number of carbonyl (C=O) groups excluding carboxylic acids is 1. The molecule has 1 amide bonds. The fraction of sp³-hybridized carbons (Fsp3) is 0.538. The first-order valence-corrected chi connectivity index (χ1v) is 11.7. The summed E-state index contributed by atoms with van der Waals surface area (Å²) in [5.74, 6) is 1.02. The van der Waals surface area contributed by atoms with Crippen LogP contribution in [-0.4, -0.2) is 29.2 Å². The Morgan fingerprint density at radius 2 is 1.91 bits per heavy atom. The van der Waals surface area contributed by atoms with Crippen LogP contribution in [-0.2, 0) is 35.7 Å². The van der Waals surface area contributed by atoms with Gasteiger partial charge < -0.3 is 19.2 Å². The molecule has 2 aromatic rings. The highest BCUT2D eigenvalue weighted by Gasteiger charge is 2.28. The zero-order chi connectivity index (χ0) is 23.4. The van der Waals surface area contributed by atoms with E-state index in [0.717, 1.165) is 32.4 Å². The summed E-state index contributed by atoms with van der Waals surface area (Å²) in [7, 11) is 0. The number of carbonyl (C=O) groups is 1. The van der Waals surface area contributed by atoms with Gasteiger partial charge in [-0.05, 0) is 57.1 Å². The van der Waals surface area contributed by atoms with Gasteiger partial charge in [-0.25, -0.2) is 4.79 Å². The number of nitrogens with one attached hydrogen (secondary N) is 1. The molecule has 1 saturated carbocycles. The van der Waals surface area contributed by atoms with Crippen molar-refractivity contribution in [2.24, 2.45) is 5.92 Å². The quantitative estimate of drug-likeness (QED) is 0.669. The van der Waals surface area contributed by atoms with Crippen molar-refractivity contribution in [3.63, 3.8) is 0 Å². The molecule has 2 heterocycles. The molecule has 7 nitrogen and oxygen atoms in total. The maximum atomic E-state index is 12.5. The largest absolute Gasteiger partial charge is 0.467 e. The maximum Gasteiger partial charge on any atom is 0.407 e. The van der Waals surface area contributed by atoms with Crippen molar-refractivity contribution in [1.29, 1.82) is 0 Å². The zero-order valence-corrected chi connectivity index (χ0v) is 19.8. The second-order valence-electron chi connectivity index (χ2n) is 10.2. The summed E-state index contributed by atoms with van der Waals surface area (Å²) in [6.45, 7) is 8.70. The maximum absolute atomic E-state index is 12.5. The highest BCUT2D eigenvalue weighted by molar-refractivity contribution is 5.68. The molecule has 33 heavy (non-hydrogen) atoms. The molecule has 0 bridgehead atoms. The van der Waals surface area contributed by atoms with Crippen molar-refractivity contribution in [3.05, 3.63) is 69.3 Å². The minimum atomic E-state index is -0.499. The lowest BCUT2D eigenvalue weighted by Gasteiger charge is -2.21. The third kappa shape index (κ3) is 6.68. The number of amides is 1. The molecular weight excluding hydrogens is 420 g/mol. The second-order valence-corrected chi connectivity index (χ2v) is 10.2. The van der Waals surface area contributed by atoms with Crippen LogP contribution in [0.15, 0.2) is 45.8 Å². The van der Waals surface area contributed by atoms with Crippen LogP contribution in [0.3, 0.4) is 0 Å². The van der Waals surface area contributed by atoms with Crippen LogP contribution in [0, 0.1) is 5.92 Å². The molecule has 2 atom stereocenters. The average molecular weight is 455 g/mol. The van der Waals surface area contributed by atoms with Gasteiger partial charge in [0.15, 0.2) is 5.43 Å². The van der Waals surface area contributed by atoms with Gasteiger partial charge in [0.05, 0.1) is 18.7 Å². The summed E-state index contributed by atoms with van der Waals surface area (Å²) in [5.41, 5.74) is 2.65. The first-order chi connectivity index (χ1) is 15.7. The average Bonchev–Trinajstić information content (AvgIpc) is 3.34. The lowest BCUT2D eigenvalue weighted by atomic mass is 10.1. The molecule has 2 aliphatic rings. The van der Waals surface area contributed by atoms with Crippen molar-refractivity contribution in [2.45, 2.75) is 77.9 Å². The van der Waals surface area contributed by atoms with Crippen LogP contribution < -0.4 is 10.7 Å². The van der Waals surface area contributed by atoms with Gasteiger partial charge in [0.2, 0.25) is 0 Å². The highest BCUT2D eigenvalue weighted by Crippen LogP contribution is 2.27. The number of fused-ring (bicyclic) bond motifs is 1. The fourth-order valence-electron chi connectivity index (χ4n) is 4.57. The number of ether oxygens (including phenoxy) is 2. The van der Waals surface area contributed by atoms with Gasteiger partial charge in [0.1, 0.15) is 17.6 Å². The summed E-state index contributed by atoms with van der Waals surface area (Å²) in [6.07, 6.45) is 3.90. The van der Waals surface area contributed by atoms with E-state index < -0.39 is 5.60 Å². The Bertz CT molecular complexity index is 1000. The highest BCUT2D eigenvalue weighted by atomic mass is 16.6. The molecule has 1 aliphatic heterocycles. The van der Waals surface area contributed by atoms with E-state index in [4.69, 9.17) is 13.9 Å². The Balaban J connectivity index is 1.19. The Hall–Kier alpha value is -2.64. The monoisotopic (exact) mass is 454 g/mol. The molecule has 7 heteroatoms. The molecule has 0 saturated heterocycles. The summed E-state index contributed by atoms with van der Waals surface area (Å²) >= 11 is 0. The summed E-state index contributed by atoms with van der Waals surface area (Å²) in [6, 6.07) is 10.1. The molecular formula is C26H34N2O5. The van der Waals surface area contributed by atoms with E-state index in [0.29, 0.717) is 30.4 Å². The zero-order valence-electron chi connectivity index (χ0n) is 19.8. The van der Waals surface area contributed by atoms with Crippen LogP contribution >= 0.6 is 0 Å². The predicted molar refractivity (Wildman–Crippen MR) is 125 cm³/mol. The predicted octanol–water partition coefficient (Wildman–Crippen LogP) is 4.37. The molecule has 1 fully saturated rings. The van der Waals surface area contributed by atoms with Gasteiger partial charge in [0.25, 0.3) is 0 Å². The van der Waals surface area contributed by atoms with Crippen LogP contribution in [0.2, 0.25) is 0 Å². The van der Waals surface area contributed by atoms with Crippen LogP contribution in [0.25, 0.3) is 0 Å². The standard InChI is InChI=1S/C26H34N2O5/c1-26(2,3)33-25(30)27-22-9-8-18(10-22)15-31-16-21-17-32-23(11-24(21)29)14-28-12-19-6-4-5-7-20(19)13-28/h4-7,11,17-18,22H,8-10,12-16H2,1-3H3,(H,27,30). The van der Waals surface area contributed by atoms with E-state index in [1.807, 2.05) is 20.8 Å². The third-order valence-corrected chi connectivity index (χ3v) is 6.12. The molecule has 0 spiro atoms. The lowest BCUT2D eigenvalue weighted by molar-refractivity contribution is 0.0499. The van der Waals surface area contributed by atoms with Crippen LogP contribution in [0.4, 0.5) is 4.79 Å². The first kappa shape index (κ1) is 23.5. The Morgan fingerprint density at radius 3 is 2.58 bits per heavy atom. The van der Waals surface area contributed by atoms with Crippen molar-refractivity contribution in [1.82, 2.24) is 10.2 Å². The molecule has 178 valence electrons. The number of hydrogen-bond acceptors (Lipinski definition) is 6. The van der Waals surface area contributed by atoms with Gasteiger partial charge in [-0.1, -0.05) is 24.3 Å². The minimum Gasteiger partial charge on any atom is -0.467 e. The van der Waals surface area contributed by atoms with E-state index in [2.05, 4.69) is 34.5 Å². The van der Waals surface area contributed by atoms with Crippen molar-refractivity contribution in [2.75, 3.05) is 6.61 Å². The summed E-state index contributed by atoms with van der Waals surface area (Å²) in [5, 5.41) is 2.94. The van der Waals surface area contributed by atoms with Crippen molar-refractivity contribution >= 4 is 6.09 Å². The van der Waals surface area contributed by atoms with E-state index in [9.17, 15) is 9.59 Å². The Morgan fingerprint density at radius 1 is 1.18 bits per heavy atom. The molecule has 1 aromatic heterocycles. The number of benzene rings is 1. The number of alkyl carbamates (subject to hydrolysis) is 1. The molecule has 2 unspecified atom stereocenters. The molecule has 1 N–H and O–H groups in total. The SMILES string of the molecule is CC(C)(C)OC(=O)NC1CCC(COCc2coc(CN3Cc4ccccc4C3)cc2=O)C1. The lowest BCUT2D eigenvalue weighted by Crippen LogP contribution is -2.38. The molecule has 1 aromatic carbocycles. The van der Waals surface area contributed by atoms with E-state index in [1.54, 1.807) is 6.07 Å². The first-order valence-electron chi connectivity index (χ1n) is 11.7. The van der Waals surface area contributed by atoms with E-state index in [-0.39, 0.29) is 24.2 Å². The normalized spacial score (nSPS) is 20.6. The Labute approximate surface area is 195 Å². The summed E-state index contributed by atoms with van der Waals surface area (Å²) < 4.78 is 16.9. The van der Waals surface area contributed by atoms with Crippen molar-refractivity contribution in [3.8, 4) is 0 Å². The third-order valence-electron chi connectivity index (χ3n) is 6.12. The van der Waals surface area contributed by atoms with Gasteiger partial charge in [-0.15, -0.1) is 0 Å². The summed E-state index contributed by atoms with van der Waals surface area (Å²) in [4.78, 5) is 26.7. The molecule has 4 rings (SSSR count). The second kappa shape index (κ2) is 10.1. The number of nitrogens with zero attached hydrogens (tertiary/aromatic N) is 1. The van der Waals surface area contributed by atoms with Gasteiger partial charge >= 0.3 is 6.09 Å².